The van der Waals surface area contributed by atoms with Gasteiger partial charge in [0.05, 0.1) is 13.5 Å². The van der Waals surface area contributed by atoms with Gasteiger partial charge in [-0.05, 0) is 50.3 Å². The molecule has 0 spiro atoms. The summed E-state index contributed by atoms with van der Waals surface area (Å²) in [5.74, 6) is 0.800. The molecule has 2 aliphatic heterocycles. The van der Waals surface area contributed by atoms with E-state index in [9.17, 15) is 9.59 Å². The highest BCUT2D eigenvalue weighted by Crippen LogP contribution is 2.23. The molecule has 0 radical (unpaired) electrons. The minimum absolute atomic E-state index is 0.00402. The number of nitrogens with zero attached hydrogens (tertiary/aromatic N) is 4. The number of aryl methyl sites for hydroxylation is 2. The molecule has 2 aromatic heterocycles. The SMILES string of the molecule is CC1CCc2ccc(CCCN3CCN(CCC(=O)O)C3=O)nc2N1.COc1ccccn1. The number of ether oxygens (including phenoxy) is 1. The number of hydrogen-bond donors (Lipinski definition) is 2. The Kier molecular flexibility index (Phi) is 8.86. The lowest BCUT2D eigenvalue weighted by Gasteiger charge is -2.23. The highest BCUT2D eigenvalue weighted by atomic mass is 16.5. The van der Waals surface area contributed by atoms with E-state index in [-0.39, 0.29) is 12.5 Å². The van der Waals surface area contributed by atoms with Crippen LogP contribution in [0.25, 0.3) is 0 Å². The van der Waals surface area contributed by atoms with Crippen LogP contribution < -0.4 is 10.1 Å². The number of pyridine rings is 2. The fourth-order valence-corrected chi connectivity index (χ4v) is 3.87. The Bertz CT molecular complexity index is 924. The largest absolute Gasteiger partial charge is 0.481 e. The minimum Gasteiger partial charge on any atom is -0.481 e. The molecule has 9 heteroatoms. The fraction of sp³-hybridized carbons (Fsp3) is 0.500. The molecule has 0 saturated carbocycles. The molecule has 0 aliphatic carbocycles. The highest BCUT2D eigenvalue weighted by molar-refractivity contribution is 5.77. The van der Waals surface area contributed by atoms with Gasteiger partial charge in [-0.25, -0.2) is 14.8 Å². The molecule has 2 aromatic rings. The number of rotatable bonds is 8. The molecule has 4 heterocycles. The van der Waals surface area contributed by atoms with Gasteiger partial charge in [-0.15, -0.1) is 0 Å². The predicted molar refractivity (Wildman–Crippen MR) is 126 cm³/mol. The fourth-order valence-electron chi connectivity index (χ4n) is 3.87. The molecule has 33 heavy (non-hydrogen) atoms. The maximum absolute atomic E-state index is 12.2. The minimum atomic E-state index is -0.868. The lowest BCUT2D eigenvalue weighted by Crippen LogP contribution is -2.33. The third kappa shape index (κ3) is 7.34. The van der Waals surface area contributed by atoms with E-state index in [0.29, 0.717) is 38.1 Å². The molecule has 2 N–H and O–H groups in total. The summed E-state index contributed by atoms with van der Waals surface area (Å²) in [6, 6.07) is 10.2. The van der Waals surface area contributed by atoms with Gasteiger partial charge in [-0.3, -0.25) is 4.79 Å². The van der Waals surface area contributed by atoms with E-state index >= 15 is 0 Å². The van der Waals surface area contributed by atoms with Crippen LogP contribution in [-0.4, -0.2) is 76.2 Å². The number of nitrogens with one attached hydrogen (secondary N) is 1. The number of aliphatic carboxylic acids is 1. The number of fused-ring (bicyclic) bond motifs is 1. The first-order valence-corrected chi connectivity index (χ1v) is 11.4. The van der Waals surface area contributed by atoms with Crippen LogP contribution in [0.15, 0.2) is 36.5 Å². The second kappa shape index (κ2) is 12.0. The molecule has 178 valence electrons. The van der Waals surface area contributed by atoms with Crippen molar-refractivity contribution in [3.05, 3.63) is 47.8 Å². The Morgan fingerprint density at radius 2 is 2.00 bits per heavy atom. The number of hydrogen-bond acceptors (Lipinski definition) is 6. The lowest BCUT2D eigenvalue weighted by atomic mass is 10.0. The summed E-state index contributed by atoms with van der Waals surface area (Å²) in [5, 5.41) is 12.2. The summed E-state index contributed by atoms with van der Waals surface area (Å²) in [4.78, 5) is 34.9. The molecule has 4 rings (SSSR count). The zero-order chi connectivity index (χ0) is 23.6. The molecule has 0 aromatic carbocycles. The normalized spacial score (nSPS) is 17.0. The number of anilines is 1. The van der Waals surface area contributed by atoms with E-state index in [1.54, 1.807) is 29.2 Å². The summed E-state index contributed by atoms with van der Waals surface area (Å²) in [6.07, 6.45) is 5.61. The van der Waals surface area contributed by atoms with Gasteiger partial charge in [0, 0.05) is 50.2 Å². The maximum atomic E-state index is 12.2. The van der Waals surface area contributed by atoms with E-state index in [4.69, 9.17) is 14.8 Å². The number of aromatic nitrogens is 2. The van der Waals surface area contributed by atoms with E-state index in [1.165, 1.54) is 5.56 Å². The van der Waals surface area contributed by atoms with Gasteiger partial charge in [-0.2, -0.15) is 0 Å². The van der Waals surface area contributed by atoms with Crippen molar-refractivity contribution in [2.75, 3.05) is 38.6 Å². The summed E-state index contributed by atoms with van der Waals surface area (Å²) >= 11 is 0. The van der Waals surface area contributed by atoms with Gasteiger partial charge < -0.3 is 25.0 Å². The number of amides is 2. The maximum Gasteiger partial charge on any atom is 0.320 e. The van der Waals surface area contributed by atoms with Gasteiger partial charge in [-0.1, -0.05) is 12.1 Å². The monoisotopic (exact) mass is 455 g/mol. The van der Waals surface area contributed by atoms with E-state index in [2.05, 4.69) is 29.4 Å². The van der Waals surface area contributed by atoms with Crippen LogP contribution in [0.5, 0.6) is 5.88 Å². The van der Waals surface area contributed by atoms with Crippen LogP contribution in [0.3, 0.4) is 0 Å². The Balaban J connectivity index is 0.000000323. The van der Waals surface area contributed by atoms with Crippen molar-refractivity contribution in [2.24, 2.45) is 0 Å². The summed E-state index contributed by atoms with van der Waals surface area (Å²) in [7, 11) is 1.60. The third-order valence-corrected chi connectivity index (χ3v) is 5.75. The van der Waals surface area contributed by atoms with Crippen LogP contribution in [0.2, 0.25) is 0 Å². The standard InChI is InChI=1S/C18H26N4O3.C6H7NO/c1-13-4-5-14-6-7-15(20-17(14)19-13)3-2-9-21-11-12-22(18(21)25)10-8-16(23)24;1-8-6-4-2-3-5-7-6/h6-7,13H,2-5,8-12H2,1H3,(H,19,20)(H,23,24);2-5H,1H3. The zero-order valence-corrected chi connectivity index (χ0v) is 19.4. The van der Waals surface area contributed by atoms with Gasteiger partial charge in [0.15, 0.2) is 0 Å². The molecule has 2 aliphatic rings. The molecular formula is C24H33N5O4. The highest BCUT2D eigenvalue weighted by Gasteiger charge is 2.27. The molecule has 1 atom stereocenters. The Morgan fingerprint density at radius 1 is 1.21 bits per heavy atom. The second-order valence-electron chi connectivity index (χ2n) is 8.27. The molecule has 1 unspecified atom stereocenters. The topological polar surface area (TPSA) is 108 Å². The lowest BCUT2D eigenvalue weighted by molar-refractivity contribution is -0.137. The Hall–Kier alpha value is -3.36. The number of carbonyl (C=O) groups excluding carboxylic acids is 1. The van der Waals surface area contributed by atoms with E-state index < -0.39 is 5.97 Å². The number of methoxy groups -OCH3 is 1. The van der Waals surface area contributed by atoms with Crippen molar-refractivity contribution in [1.82, 2.24) is 19.8 Å². The second-order valence-corrected chi connectivity index (χ2v) is 8.27. The van der Waals surface area contributed by atoms with Crippen LogP contribution in [0, 0.1) is 0 Å². The van der Waals surface area contributed by atoms with Crippen molar-refractivity contribution in [1.29, 1.82) is 0 Å². The molecule has 1 fully saturated rings. The molecular weight excluding hydrogens is 422 g/mol. The zero-order valence-electron chi connectivity index (χ0n) is 19.4. The smallest absolute Gasteiger partial charge is 0.320 e. The van der Waals surface area contributed by atoms with Crippen LogP contribution in [-0.2, 0) is 17.6 Å². The number of carbonyl (C=O) groups is 2. The first kappa shape index (κ1) is 24.3. The number of carboxylic acid groups (broad SMARTS) is 1. The van der Waals surface area contributed by atoms with Crippen LogP contribution >= 0.6 is 0 Å². The average Bonchev–Trinajstić information content (AvgIpc) is 3.17. The van der Waals surface area contributed by atoms with Gasteiger partial charge >= 0.3 is 12.0 Å². The first-order chi connectivity index (χ1) is 16.0. The van der Waals surface area contributed by atoms with Gasteiger partial charge in [0.2, 0.25) is 5.88 Å². The van der Waals surface area contributed by atoms with Crippen molar-refractivity contribution < 1.29 is 19.4 Å². The predicted octanol–water partition coefficient (Wildman–Crippen LogP) is 3.06. The van der Waals surface area contributed by atoms with E-state index in [1.807, 2.05) is 12.1 Å². The van der Waals surface area contributed by atoms with E-state index in [0.717, 1.165) is 37.2 Å². The summed E-state index contributed by atoms with van der Waals surface area (Å²) < 4.78 is 4.80. The summed E-state index contributed by atoms with van der Waals surface area (Å²) in [5.41, 5.74) is 2.33. The molecule has 2 amide bonds. The van der Waals surface area contributed by atoms with Crippen LogP contribution in [0.4, 0.5) is 10.6 Å². The molecule has 9 nitrogen and oxygen atoms in total. The first-order valence-electron chi connectivity index (χ1n) is 11.4. The quantitative estimate of drug-likeness (QED) is 0.630. The Labute approximate surface area is 194 Å². The van der Waals surface area contributed by atoms with Crippen molar-refractivity contribution in [2.45, 2.75) is 45.1 Å². The number of urea groups is 1. The number of carboxylic acids is 1. The molecule has 1 saturated heterocycles. The van der Waals surface area contributed by atoms with Crippen molar-refractivity contribution in [3.8, 4) is 5.88 Å². The van der Waals surface area contributed by atoms with Crippen molar-refractivity contribution in [3.63, 3.8) is 0 Å². The Morgan fingerprint density at radius 3 is 2.67 bits per heavy atom. The molecule has 0 bridgehead atoms. The van der Waals surface area contributed by atoms with Crippen molar-refractivity contribution >= 4 is 17.8 Å². The van der Waals surface area contributed by atoms with Gasteiger partial charge in [0.1, 0.15) is 5.82 Å². The average molecular weight is 456 g/mol. The van der Waals surface area contributed by atoms with Crippen LogP contribution in [0.1, 0.15) is 37.4 Å². The third-order valence-electron chi connectivity index (χ3n) is 5.75. The van der Waals surface area contributed by atoms with Gasteiger partial charge in [0.25, 0.3) is 0 Å². The summed E-state index contributed by atoms with van der Waals surface area (Å²) in [6.45, 7) is 4.44.